The third kappa shape index (κ3) is 6.82. The first-order valence-electron chi connectivity index (χ1n) is 11.3. The molecule has 1 aliphatic rings. The van der Waals surface area contributed by atoms with Gasteiger partial charge in [-0.25, -0.2) is 0 Å². The molecule has 0 aliphatic carbocycles. The summed E-state index contributed by atoms with van der Waals surface area (Å²) in [5.74, 6) is 3.14. The zero-order chi connectivity index (χ0) is 23.0. The molecule has 0 saturated carbocycles. The van der Waals surface area contributed by atoms with Crippen LogP contribution in [-0.4, -0.2) is 46.3 Å². The van der Waals surface area contributed by atoms with Crippen LogP contribution in [-0.2, 0) is 17.1 Å². The molecule has 174 valence electrons. The molecule has 1 N–H and O–H groups in total. The number of carbonyl (C=O) groups is 1. The largest absolute Gasteiger partial charge is 0.355 e. The van der Waals surface area contributed by atoms with Crippen molar-refractivity contribution in [1.82, 2.24) is 20.4 Å². The number of nitrogens with one attached hydrogen (secondary N) is 1. The van der Waals surface area contributed by atoms with Gasteiger partial charge in [0.2, 0.25) is 17.6 Å². The lowest BCUT2D eigenvalue weighted by molar-refractivity contribution is -0.126. The van der Waals surface area contributed by atoms with Gasteiger partial charge in [0.1, 0.15) is 0 Å². The molecule has 3 aromatic rings. The Balaban J connectivity index is 1.20. The molecule has 4 rings (SSSR count). The Morgan fingerprint density at radius 2 is 2.06 bits per heavy atom. The summed E-state index contributed by atoms with van der Waals surface area (Å²) in [5, 5.41) is 8.01. The fourth-order valence-electron chi connectivity index (χ4n) is 4.02. The number of hydrogen-bond donors (Lipinski definition) is 1. The molecule has 2 heterocycles. The number of hydrogen-bond acceptors (Lipinski definition) is 6. The van der Waals surface area contributed by atoms with E-state index in [1.165, 1.54) is 5.56 Å². The molecular weight excluding hydrogens is 456 g/mol. The van der Waals surface area contributed by atoms with Crippen LogP contribution in [0.4, 0.5) is 0 Å². The van der Waals surface area contributed by atoms with E-state index in [0.29, 0.717) is 31.3 Å². The van der Waals surface area contributed by atoms with Crippen molar-refractivity contribution in [2.75, 3.05) is 25.4 Å². The second-order valence-corrected chi connectivity index (χ2v) is 9.91. The maximum atomic E-state index is 12.7. The highest BCUT2D eigenvalue weighted by molar-refractivity contribution is 7.98. The van der Waals surface area contributed by atoms with Crippen molar-refractivity contribution in [3.63, 3.8) is 0 Å². The second-order valence-electron chi connectivity index (χ2n) is 8.37. The van der Waals surface area contributed by atoms with Crippen LogP contribution in [0, 0.1) is 12.8 Å². The lowest BCUT2D eigenvalue weighted by atomic mass is 9.97. The Hall–Kier alpha value is -2.35. The molecule has 1 unspecified atom stereocenters. The van der Waals surface area contributed by atoms with E-state index < -0.39 is 0 Å². The van der Waals surface area contributed by atoms with Crippen LogP contribution in [0.3, 0.4) is 0 Å². The van der Waals surface area contributed by atoms with Crippen molar-refractivity contribution >= 4 is 29.3 Å². The quantitative estimate of drug-likeness (QED) is 0.433. The average molecular weight is 485 g/mol. The van der Waals surface area contributed by atoms with Gasteiger partial charge in [-0.05, 0) is 49.6 Å². The van der Waals surface area contributed by atoms with Gasteiger partial charge < -0.3 is 9.84 Å². The number of halogens is 1. The smallest absolute Gasteiger partial charge is 0.241 e. The Morgan fingerprint density at radius 1 is 1.24 bits per heavy atom. The van der Waals surface area contributed by atoms with Crippen molar-refractivity contribution in [3.05, 3.63) is 70.6 Å². The van der Waals surface area contributed by atoms with Crippen molar-refractivity contribution in [3.8, 4) is 11.4 Å². The van der Waals surface area contributed by atoms with Crippen molar-refractivity contribution in [2.45, 2.75) is 32.1 Å². The summed E-state index contributed by atoms with van der Waals surface area (Å²) in [4.78, 5) is 19.5. The first-order valence-corrected chi connectivity index (χ1v) is 12.8. The number of nitrogens with zero attached hydrogens (tertiary/aromatic N) is 3. The Labute approximate surface area is 204 Å². The number of amides is 1. The SMILES string of the molecule is Cc1ccccc1-c1noc(CN2CCCC(C(=O)NCCSCc3ccc(Cl)cc3)C2)n1. The third-order valence-electron chi connectivity index (χ3n) is 5.82. The van der Waals surface area contributed by atoms with Gasteiger partial charge in [-0.1, -0.05) is 53.2 Å². The van der Waals surface area contributed by atoms with E-state index in [1.807, 2.05) is 67.2 Å². The summed E-state index contributed by atoms with van der Waals surface area (Å²) in [7, 11) is 0. The number of piperidine rings is 1. The maximum Gasteiger partial charge on any atom is 0.241 e. The maximum absolute atomic E-state index is 12.7. The first kappa shape index (κ1) is 23.8. The molecule has 2 aromatic carbocycles. The van der Waals surface area contributed by atoms with Crippen LogP contribution >= 0.6 is 23.4 Å². The topological polar surface area (TPSA) is 71.3 Å². The minimum atomic E-state index is -0.00113. The summed E-state index contributed by atoms with van der Waals surface area (Å²) in [6.45, 7) is 4.93. The molecular formula is C25H29ClN4O2S. The van der Waals surface area contributed by atoms with Gasteiger partial charge in [0, 0.05) is 35.2 Å². The van der Waals surface area contributed by atoms with Crippen LogP contribution < -0.4 is 5.32 Å². The minimum Gasteiger partial charge on any atom is -0.355 e. The van der Waals surface area contributed by atoms with E-state index in [1.54, 1.807) is 0 Å². The standard InChI is InChI=1S/C25H29ClN4O2S/c1-18-5-2-3-7-22(18)24-28-23(32-29-24)16-30-13-4-6-20(15-30)25(31)27-12-14-33-17-19-8-10-21(26)11-9-19/h2-3,5,7-11,20H,4,6,12-17H2,1H3,(H,27,31). The van der Waals surface area contributed by atoms with Gasteiger partial charge in [0.15, 0.2) is 0 Å². The Morgan fingerprint density at radius 3 is 2.88 bits per heavy atom. The fraction of sp³-hybridized carbons (Fsp3) is 0.400. The number of benzene rings is 2. The number of rotatable bonds is 9. The van der Waals surface area contributed by atoms with Gasteiger partial charge >= 0.3 is 0 Å². The average Bonchev–Trinajstić information content (AvgIpc) is 3.28. The van der Waals surface area contributed by atoms with E-state index in [-0.39, 0.29) is 11.8 Å². The number of aryl methyl sites for hydroxylation is 1. The fourth-order valence-corrected chi connectivity index (χ4v) is 4.96. The minimum absolute atomic E-state index is 0.00113. The van der Waals surface area contributed by atoms with E-state index in [0.717, 1.165) is 47.0 Å². The van der Waals surface area contributed by atoms with Crippen LogP contribution in [0.2, 0.25) is 5.02 Å². The monoisotopic (exact) mass is 484 g/mol. The number of aromatic nitrogens is 2. The predicted octanol–water partition coefficient (Wildman–Crippen LogP) is 4.96. The van der Waals surface area contributed by atoms with E-state index >= 15 is 0 Å². The second kappa shape index (κ2) is 11.7. The summed E-state index contributed by atoms with van der Waals surface area (Å²) in [6, 6.07) is 15.9. The molecule has 8 heteroatoms. The summed E-state index contributed by atoms with van der Waals surface area (Å²) >= 11 is 7.73. The van der Waals surface area contributed by atoms with Gasteiger partial charge in [0.25, 0.3) is 0 Å². The Kier molecular flexibility index (Phi) is 8.42. The molecule has 0 spiro atoms. The van der Waals surface area contributed by atoms with Crippen molar-refractivity contribution < 1.29 is 9.32 Å². The molecule has 0 bridgehead atoms. The number of thioether (sulfide) groups is 1. The van der Waals surface area contributed by atoms with Gasteiger partial charge in [-0.2, -0.15) is 16.7 Å². The predicted molar refractivity (Wildman–Crippen MR) is 133 cm³/mol. The normalized spacial score (nSPS) is 16.6. The van der Waals surface area contributed by atoms with Crippen LogP contribution in [0.15, 0.2) is 53.1 Å². The third-order valence-corrected chi connectivity index (χ3v) is 7.10. The van der Waals surface area contributed by atoms with Crippen molar-refractivity contribution in [2.24, 2.45) is 5.92 Å². The molecule has 33 heavy (non-hydrogen) atoms. The van der Waals surface area contributed by atoms with Gasteiger partial charge in [-0.15, -0.1) is 0 Å². The Bertz CT molecular complexity index is 1060. The molecule has 1 amide bonds. The van der Waals surface area contributed by atoms with Gasteiger partial charge in [-0.3, -0.25) is 9.69 Å². The van der Waals surface area contributed by atoms with Crippen LogP contribution in [0.1, 0.15) is 29.9 Å². The van der Waals surface area contributed by atoms with Crippen LogP contribution in [0.25, 0.3) is 11.4 Å². The molecule has 6 nitrogen and oxygen atoms in total. The van der Waals surface area contributed by atoms with Crippen molar-refractivity contribution in [1.29, 1.82) is 0 Å². The molecule has 1 aromatic heterocycles. The highest BCUT2D eigenvalue weighted by Gasteiger charge is 2.26. The van der Waals surface area contributed by atoms with E-state index in [2.05, 4.69) is 20.4 Å². The highest BCUT2D eigenvalue weighted by atomic mass is 35.5. The molecule has 1 atom stereocenters. The van der Waals surface area contributed by atoms with E-state index in [4.69, 9.17) is 16.1 Å². The zero-order valence-corrected chi connectivity index (χ0v) is 20.4. The zero-order valence-electron chi connectivity index (χ0n) is 18.8. The molecule has 1 fully saturated rings. The molecule has 1 aliphatic heterocycles. The van der Waals surface area contributed by atoms with Gasteiger partial charge in [0.05, 0.1) is 12.5 Å². The van der Waals surface area contributed by atoms with Crippen LogP contribution in [0.5, 0.6) is 0 Å². The summed E-state index contributed by atoms with van der Waals surface area (Å²) in [5.41, 5.74) is 3.34. The first-order chi connectivity index (χ1) is 16.1. The lowest BCUT2D eigenvalue weighted by Crippen LogP contribution is -2.43. The summed E-state index contributed by atoms with van der Waals surface area (Å²) < 4.78 is 5.49. The highest BCUT2D eigenvalue weighted by Crippen LogP contribution is 2.22. The molecule has 1 saturated heterocycles. The van der Waals surface area contributed by atoms with E-state index in [9.17, 15) is 4.79 Å². The number of likely N-dealkylation sites (tertiary alicyclic amines) is 1. The molecule has 0 radical (unpaired) electrons. The summed E-state index contributed by atoms with van der Waals surface area (Å²) in [6.07, 6.45) is 1.90. The number of carbonyl (C=O) groups excluding carboxylic acids is 1. The lowest BCUT2D eigenvalue weighted by Gasteiger charge is -2.30.